The Morgan fingerprint density at radius 2 is 1.83 bits per heavy atom. The van der Waals surface area contributed by atoms with Crippen LogP contribution in [0.5, 0.6) is 17.5 Å². The Morgan fingerprint density at radius 1 is 1.17 bits per heavy atom. The molecule has 1 saturated carbocycles. The fraction of sp³-hybridized carbons (Fsp3) is 0.417. The number of hydrogen-bond donors (Lipinski definition) is 1. The predicted molar refractivity (Wildman–Crippen MR) is 126 cm³/mol. The molecule has 0 bridgehead atoms. The van der Waals surface area contributed by atoms with E-state index in [1.807, 2.05) is 0 Å². The molecule has 3 heterocycles. The average Bonchev–Trinajstić information content (AvgIpc) is 3.29. The van der Waals surface area contributed by atoms with Gasteiger partial charge in [-0.25, -0.2) is 15.0 Å². The Bertz CT molecular complexity index is 1300. The molecule has 36 heavy (non-hydrogen) atoms. The second kappa shape index (κ2) is 8.91. The van der Waals surface area contributed by atoms with Crippen molar-refractivity contribution in [1.82, 2.24) is 15.0 Å². The third-order valence-corrected chi connectivity index (χ3v) is 7.76. The molecule has 1 aliphatic heterocycles. The number of rotatable bonds is 4. The van der Waals surface area contributed by atoms with E-state index in [9.17, 15) is 18.0 Å². The van der Waals surface area contributed by atoms with Gasteiger partial charge in [0, 0.05) is 5.56 Å². The van der Waals surface area contributed by atoms with Gasteiger partial charge in [-0.15, -0.1) is 0 Å². The minimum atomic E-state index is -4.50. The van der Waals surface area contributed by atoms with Gasteiger partial charge >= 0.3 is 6.18 Å². The van der Waals surface area contributed by atoms with E-state index in [2.05, 4.69) is 27.2 Å². The Labute approximate surface area is 208 Å². The molecule has 1 N–H and O–H groups in total. The highest BCUT2D eigenvalue weighted by Crippen LogP contribution is 2.55. The van der Waals surface area contributed by atoms with Crippen molar-refractivity contribution < 1.29 is 32.2 Å². The van der Waals surface area contributed by atoms with E-state index >= 15 is 0 Å². The van der Waals surface area contributed by atoms with E-state index < -0.39 is 23.2 Å². The van der Waals surface area contributed by atoms with Crippen molar-refractivity contribution in [3.05, 3.63) is 40.5 Å². The molecule has 1 spiro atoms. The average molecular weight is 521 g/mol. The van der Waals surface area contributed by atoms with Crippen LogP contribution in [0.1, 0.15) is 53.4 Å². The lowest BCUT2D eigenvalue weighted by molar-refractivity contribution is -0.137. The first-order chi connectivity index (χ1) is 17.1. The molecule has 2 aromatic heterocycles. The molecule has 8 nitrogen and oxygen atoms in total. The maximum Gasteiger partial charge on any atom is 0.416 e. The molecule has 1 aliphatic carbocycles. The van der Waals surface area contributed by atoms with Crippen LogP contribution in [0.25, 0.3) is 11.3 Å². The lowest BCUT2D eigenvalue weighted by Gasteiger charge is -2.42. The van der Waals surface area contributed by atoms with Crippen molar-refractivity contribution in [3.63, 3.8) is 0 Å². The maximum absolute atomic E-state index is 13.4. The van der Waals surface area contributed by atoms with E-state index in [1.165, 1.54) is 38.0 Å². The van der Waals surface area contributed by atoms with Gasteiger partial charge in [-0.3, -0.25) is 10.1 Å². The van der Waals surface area contributed by atoms with E-state index in [4.69, 9.17) is 14.2 Å². The number of aromatic nitrogens is 3. The van der Waals surface area contributed by atoms with Crippen LogP contribution in [0.3, 0.4) is 0 Å². The zero-order valence-electron chi connectivity index (χ0n) is 19.7. The molecule has 1 aromatic carbocycles. The molecule has 1 fully saturated rings. The number of hydrogen-bond acceptors (Lipinski definition) is 8. The van der Waals surface area contributed by atoms with Crippen molar-refractivity contribution in [2.45, 2.75) is 44.4 Å². The van der Waals surface area contributed by atoms with Crippen LogP contribution in [-0.4, -0.2) is 35.1 Å². The van der Waals surface area contributed by atoms with E-state index in [-0.39, 0.29) is 28.2 Å². The number of amides is 1. The van der Waals surface area contributed by atoms with Crippen LogP contribution in [0.15, 0.2) is 24.5 Å². The summed E-state index contributed by atoms with van der Waals surface area (Å²) in [4.78, 5) is 26.5. The quantitative estimate of drug-likeness (QED) is 0.472. The number of anilines is 1. The fourth-order valence-electron chi connectivity index (χ4n) is 4.68. The van der Waals surface area contributed by atoms with E-state index in [1.54, 1.807) is 0 Å². The first-order valence-corrected chi connectivity index (χ1v) is 12.1. The number of benzene rings is 1. The third kappa shape index (κ3) is 4.12. The summed E-state index contributed by atoms with van der Waals surface area (Å²) in [5, 5.41) is 3.03. The number of carbonyl (C=O) groups excluding carboxylic acids is 1. The third-order valence-electron chi connectivity index (χ3n) is 6.60. The zero-order chi connectivity index (χ0) is 25.7. The summed E-state index contributed by atoms with van der Waals surface area (Å²) in [7, 11) is 2.75. The predicted octanol–water partition coefficient (Wildman–Crippen LogP) is 5.69. The Kier molecular flexibility index (Phi) is 6.01. The van der Waals surface area contributed by atoms with Crippen molar-refractivity contribution in [1.29, 1.82) is 0 Å². The number of alkyl halides is 3. The van der Waals surface area contributed by atoms with Crippen LogP contribution in [-0.2, 0) is 11.8 Å². The van der Waals surface area contributed by atoms with Gasteiger partial charge in [0.05, 0.1) is 30.4 Å². The number of halogens is 3. The second-order valence-corrected chi connectivity index (χ2v) is 9.90. The SMILES string of the molecule is COc1ncnc(OC)c1C(=O)Nc1nc2c(s1)C1(CCC(C)CC1)Oc1cc(C(F)(F)F)ccc1-2. The highest BCUT2D eigenvalue weighted by Gasteiger charge is 2.46. The lowest BCUT2D eigenvalue weighted by atomic mass is 9.76. The summed E-state index contributed by atoms with van der Waals surface area (Å²) in [6.07, 6.45) is -0.273. The molecule has 3 aromatic rings. The van der Waals surface area contributed by atoms with Crippen LogP contribution in [0.2, 0.25) is 0 Å². The van der Waals surface area contributed by atoms with Crippen molar-refractivity contribution in [2.75, 3.05) is 19.5 Å². The molecule has 2 aliphatic rings. The number of thiazole rings is 1. The highest BCUT2D eigenvalue weighted by atomic mass is 32.1. The summed E-state index contributed by atoms with van der Waals surface area (Å²) in [5.41, 5.74) is -0.607. The molecule has 0 atom stereocenters. The first kappa shape index (κ1) is 24.3. The van der Waals surface area contributed by atoms with Crippen LogP contribution in [0.4, 0.5) is 18.3 Å². The molecular formula is C24H23F3N4O4S. The van der Waals surface area contributed by atoms with Gasteiger partial charge in [0.25, 0.3) is 5.91 Å². The van der Waals surface area contributed by atoms with Crippen LogP contribution >= 0.6 is 11.3 Å². The summed E-state index contributed by atoms with van der Waals surface area (Å²) >= 11 is 1.25. The van der Waals surface area contributed by atoms with Gasteiger partial charge in [-0.05, 0) is 49.8 Å². The summed E-state index contributed by atoms with van der Waals surface area (Å²) < 4.78 is 57.0. The monoisotopic (exact) mass is 520 g/mol. The van der Waals surface area contributed by atoms with Gasteiger partial charge in [0.15, 0.2) is 10.7 Å². The summed E-state index contributed by atoms with van der Waals surface area (Å²) in [6.45, 7) is 2.15. The standard InChI is InChI=1S/C24H23F3N4O4S/c1-12-6-8-23(9-7-12)18-17(14-5-4-13(24(25,26)27)10-15(14)35-23)30-22(36-18)31-19(32)16-20(33-2)28-11-29-21(16)34-3/h4-5,10-12H,6-9H2,1-3H3,(H,30,31,32). The number of ether oxygens (including phenoxy) is 3. The largest absolute Gasteiger partial charge is 0.481 e. The molecule has 190 valence electrons. The molecule has 0 radical (unpaired) electrons. The highest BCUT2D eigenvalue weighted by molar-refractivity contribution is 7.16. The Balaban J connectivity index is 1.57. The second-order valence-electron chi connectivity index (χ2n) is 8.91. The summed E-state index contributed by atoms with van der Waals surface area (Å²) in [5.74, 6) is 0.111. The van der Waals surface area contributed by atoms with Gasteiger partial charge in [-0.2, -0.15) is 13.2 Å². The Hall–Kier alpha value is -3.41. The van der Waals surface area contributed by atoms with Crippen molar-refractivity contribution >= 4 is 22.4 Å². The van der Waals surface area contributed by atoms with Crippen molar-refractivity contribution in [2.24, 2.45) is 5.92 Å². The molecule has 0 saturated heterocycles. The normalized spacial score (nSPS) is 20.8. The number of methoxy groups -OCH3 is 2. The zero-order valence-corrected chi connectivity index (χ0v) is 20.5. The van der Waals surface area contributed by atoms with Crippen LogP contribution < -0.4 is 19.5 Å². The Morgan fingerprint density at radius 3 is 2.44 bits per heavy atom. The molecule has 12 heteroatoms. The molecule has 5 rings (SSSR count). The molecular weight excluding hydrogens is 497 g/mol. The number of fused-ring (bicyclic) bond motifs is 4. The van der Waals surface area contributed by atoms with Gasteiger partial charge in [0.1, 0.15) is 17.7 Å². The fourth-order valence-corrected chi connectivity index (χ4v) is 5.83. The number of nitrogens with zero attached hydrogens (tertiary/aromatic N) is 3. The summed E-state index contributed by atoms with van der Waals surface area (Å²) in [6, 6.07) is 3.42. The molecule has 0 unspecified atom stereocenters. The lowest BCUT2D eigenvalue weighted by Crippen LogP contribution is -2.38. The molecule has 1 amide bonds. The number of nitrogens with one attached hydrogen (secondary N) is 1. The topological polar surface area (TPSA) is 95.5 Å². The minimum Gasteiger partial charge on any atom is -0.481 e. The van der Waals surface area contributed by atoms with E-state index in [0.717, 1.165) is 29.9 Å². The van der Waals surface area contributed by atoms with Crippen LogP contribution in [0, 0.1) is 5.92 Å². The van der Waals surface area contributed by atoms with Crippen molar-refractivity contribution in [3.8, 4) is 28.8 Å². The minimum absolute atomic E-state index is 0.00310. The van der Waals surface area contributed by atoms with Gasteiger partial charge in [0.2, 0.25) is 11.8 Å². The first-order valence-electron chi connectivity index (χ1n) is 11.3. The van der Waals surface area contributed by atoms with E-state index in [0.29, 0.717) is 30.0 Å². The maximum atomic E-state index is 13.4. The van der Waals surface area contributed by atoms with Gasteiger partial charge in [-0.1, -0.05) is 18.3 Å². The van der Waals surface area contributed by atoms with Gasteiger partial charge < -0.3 is 14.2 Å². The smallest absolute Gasteiger partial charge is 0.416 e. The number of carbonyl (C=O) groups is 1.